The molecule has 0 aliphatic carbocycles. The lowest BCUT2D eigenvalue weighted by Crippen LogP contribution is -2.46. The third kappa shape index (κ3) is 5.75. The molecular weight excluding hydrogens is 412 g/mol. The molecule has 1 fully saturated rings. The Morgan fingerprint density at radius 1 is 1.31 bits per heavy atom. The first-order valence-electron chi connectivity index (χ1n) is 10.6. The Kier molecular flexibility index (Phi) is 7.64. The number of nitrogens with one attached hydrogen (secondary N) is 2. The van der Waals surface area contributed by atoms with Crippen molar-refractivity contribution in [3.05, 3.63) is 54.0 Å². The molecule has 2 atom stereocenters. The van der Waals surface area contributed by atoms with Crippen LogP contribution in [0.25, 0.3) is 0 Å². The molecule has 2 heterocycles. The first-order valence-corrected chi connectivity index (χ1v) is 10.6. The largest absolute Gasteiger partial charge is 0.469 e. The van der Waals surface area contributed by atoms with Gasteiger partial charge in [-0.3, -0.25) is 15.0 Å². The summed E-state index contributed by atoms with van der Waals surface area (Å²) in [7, 11) is 0. The van der Waals surface area contributed by atoms with Crippen LogP contribution in [0.5, 0.6) is 0 Å². The Morgan fingerprint density at radius 2 is 2.06 bits per heavy atom. The van der Waals surface area contributed by atoms with Gasteiger partial charge in [0.2, 0.25) is 11.8 Å². The molecule has 1 aromatic heterocycles. The molecule has 0 radical (unpaired) electrons. The Balaban J connectivity index is 1.64. The molecule has 3 rings (SSSR count). The van der Waals surface area contributed by atoms with Crippen LogP contribution >= 0.6 is 0 Å². The number of nitrogens with zero attached hydrogens (tertiary/aromatic N) is 1. The van der Waals surface area contributed by atoms with Gasteiger partial charge in [-0.1, -0.05) is 0 Å². The van der Waals surface area contributed by atoms with Crippen molar-refractivity contribution in [2.24, 2.45) is 11.7 Å². The van der Waals surface area contributed by atoms with Gasteiger partial charge in [0.1, 0.15) is 17.6 Å². The van der Waals surface area contributed by atoms with Crippen molar-refractivity contribution in [1.82, 2.24) is 5.32 Å². The lowest BCUT2D eigenvalue weighted by atomic mass is 9.92. The van der Waals surface area contributed by atoms with Crippen molar-refractivity contribution in [2.45, 2.75) is 38.6 Å². The second kappa shape index (κ2) is 10.6. The highest BCUT2D eigenvalue weighted by atomic mass is 16.5. The topological polar surface area (TPSA) is 139 Å². The second-order valence-electron chi connectivity index (χ2n) is 7.65. The fraction of sp³-hybridized carbons (Fsp3) is 0.391. The molecule has 0 bridgehead atoms. The molecular formula is C23H28N4O5. The SMILES string of the molecule is CCOC(=O)C(Cc1ccco1)NC(=O)CC1CCCN(c2ccc(C(=N)N)cc2)C1=O. The maximum absolute atomic E-state index is 13.0. The van der Waals surface area contributed by atoms with Gasteiger partial charge in [0.25, 0.3) is 0 Å². The number of hydrogen-bond donors (Lipinski definition) is 3. The fourth-order valence-electron chi connectivity index (χ4n) is 3.76. The summed E-state index contributed by atoms with van der Waals surface area (Å²) in [6.45, 7) is 2.45. The van der Waals surface area contributed by atoms with Gasteiger partial charge in [0, 0.05) is 36.6 Å². The molecule has 2 aromatic rings. The number of hydrogen-bond acceptors (Lipinski definition) is 6. The van der Waals surface area contributed by atoms with Crippen molar-refractivity contribution in [3.63, 3.8) is 0 Å². The lowest BCUT2D eigenvalue weighted by molar-refractivity contribution is -0.147. The van der Waals surface area contributed by atoms with Crippen LogP contribution in [0.3, 0.4) is 0 Å². The van der Waals surface area contributed by atoms with E-state index in [1.165, 1.54) is 6.26 Å². The summed E-state index contributed by atoms with van der Waals surface area (Å²) in [6.07, 6.45) is 3.00. The number of esters is 1. The van der Waals surface area contributed by atoms with Crippen molar-refractivity contribution >= 4 is 29.3 Å². The molecule has 1 aliphatic heterocycles. The van der Waals surface area contributed by atoms with E-state index in [1.807, 2.05) is 0 Å². The number of carbonyl (C=O) groups excluding carboxylic acids is 3. The molecule has 4 N–H and O–H groups in total. The van der Waals surface area contributed by atoms with Crippen molar-refractivity contribution < 1.29 is 23.5 Å². The van der Waals surface area contributed by atoms with Crippen LogP contribution in [0.2, 0.25) is 0 Å². The molecule has 1 aromatic carbocycles. The van der Waals surface area contributed by atoms with E-state index in [9.17, 15) is 14.4 Å². The van der Waals surface area contributed by atoms with E-state index < -0.39 is 17.9 Å². The number of benzene rings is 1. The van der Waals surface area contributed by atoms with Gasteiger partial charge in [-0.05, 0) is 56.2 Å². The number of anilines is 1. The van der Waals surface area contributed by atoms with Gasteiger partial charge >= 0.3 is 5.97 Å². The summed E-state index contributed by atoms with van der Waals surface area (Å²) in [5.41, 5.74) is 6.77. The Morgan fingerprint density at radius 3 is 2.69 bits per heavy atom. The zero-order valence-electron chi connectivity index (χ0n) is 18.0. The minimum absolute atomic E-state index is 0.0189. The molecule has 1 aliphatic rings. The third-order valence-electron chi connectivity index (χ3n) is 5.36. The van der Waals surface area contributed by atoms with Gasteiger partial charge in [-0.25, -0.2) is 4.79 Å². The summed E-state index contributed by atoms with van der Waals surface area (Å²) in [6, 6.07) is 9.42. The summed E-state index contributed by atoms with van der Waals surface area (Å²) < 4.78 is 10.4. The fourth-order valence-corrected chi connectivity index (χ4v) is 3.76. The van der Waals surface area contributed by atoms with Crippen LogP contribution in [-0.4, -0.2) is 42.8 Å². The number of nitrogens with two attached hydrogens (primary N) is 1. The number of ether oxygens (including phenoxy) is 1. The van der Waals surface area contributed by atoms with Gasteiger partial charge < -0.3 is 25.1 Å². The second-order valence-corrected chi connectivity index (χ2v) is 7.65. The van der Waals surface area contributed by atoms with E-state index in [1.54, 1.807) is 48.2 Å². The van der Waals surface area contributed by atoms with Crippen molar-refractivity contribution in [2.75, 3.05) is 18.1 Å². The Bertz CT molecular complexity index is 955. The lowest BCUT2D eigenvalue weighted by Gasteiger charge is -2.32. The first kappa shape index (κ1) is 23.1. The van der Waals surface area contributed by atoms with Crippen LogP contribution in [-0.2, 0) is 25.5 Å². The van der Waals surface area contributed by atoms with Crippen molar-refractivity contribution in [3.8, 4) is 0 Å². The highest BCUT2D eigenvalue weighted by Gasteiger charge is 2.32. The highest BCUT2D eigenvalue weighted by molar-refractivity contribution is 5.99. The van der Waals surface area contributed by atoms with Gasteiger partial charge in [-0.15, -0.1) is 0 Å². The number of amides is 2. The zero-order valence-corrected chi connectivity index (χ0v) is 18.0. The molecule has 0 saturated carbocycles. The monoisotopic (exact) mass is 440 g/mol. The number of rotatable bonds is 9. The van der Waals surface area contributed by atoms with Gasteiger partial charge in [0.15, 0.2) is 0 Å². The number of nitrogen functional groups attached to an aromatic ring is 1. The van der Waals surface area contributed by atoms with Crippen molar-refractivity contribution in [1.29, 1.82) is 5.41 Å². The van der Waals surface area contributed by atoms with E-state index >= 15 is 0 Å². The number of amidine groups is 1. The number of carbonyl (C=O) groups is 3. The summed E-state index contributed by atoms with van der Waals surface area (Å²) >= 11 is 0. The normalized spacial score (nSPS) is 17.0. The van der Waals surface area contributed by atoms with Crippen LogP contribution in [0, 0.1) is 11.3 Å². The standard InChI is InChI=1S/C23H28N4O5/c1-2-31-23(30)19(14-18-6-4-12-32-18)26-20(28)13-16-5-3-11-27(22(16)29)17-9-7-15(8-10-17)21(24)25/h4,6-10,12,16,19H,2-3,5,11,13-14H2,1H3,(H3,24,25)(H,26,28). The maximum atomic E-state index is 13.0. The molecule has 9 heteroatoms. The highest BCUT2D eigenvalue weighted by Crippen LogP contribution is 2.26. The van der Waals surface area contributed by atoms with Crippen LogP contribution in [0.4, 0.5) is 5.69 Å². The van der Waals surface area contributed by atoms with E-state index in [0.29, 0.717) is 30.0 Å². The van der Waals surface area contributed by atoms with Gasteiger partial charge in [-0.2, -0.15) is 0 Å². The molecule has 32 heavy (non-hydrogen) atoms. The molecule has 2 unspecified atom stereocenters. The third-order valence-corrected chi connectivity index (χ3v) is 5.36. The summed E-state index contributed by atoms with van der Waals surface area (Å²) in [5.74, 6) is -1.04. The average molecular weight is 441 g/mol. The minimum atomic E-state index is -0.887. The molecule has 1 saturated heterocycles. The van der Waals surface area contributed by atoms with E-state index in [4.69, 9.17) is 20.3 Å². The molecule has 9 nitrogen and oxygen atoms in total. The average Bonchev–Trinajstić information content (AvgIpc) is 3.28. The first-order chi connectivity index (χ1) is 15.4. The number of furan rings is 1. The molecule has 0 spiro atoms. The predicted molar refractivity (Wildman–Crippen MR) is 118 cm³/mol. The van der Waals surface area contributed by atoms with Crippen LogP contribution in [0.15, 0.2) is 47.1 Å². The van der Waals surface area contributed by atoms with Gasteiger partial charge in [0.05, 0.1) is 12.9 Å². The van der Waals surface area contributed by atoms with Crippen LogP contribution < -0.4 is 16.0 Å². The van der Waals surface area contributed by atoms with E-state index in [0.717, 1.165) is 6.42 Å². The quantitative estimate of drug-likeness (QED) is 0.310. The smallest absolute Gasteiger partial charge is 0.329 e. The zero-order chi connectivity index (χ0) is 23.1. The number of piperidine rings is 1. The minimum Gasteiger partial charge on any atom is -0.469 e. The predicted octanol–water partition coefficient (Wildman–Crippen LogP) is 1.99. The molecule has 170 valence electrons. The maximum Gasteiger partial charge on any atom is 0.329 e. The van der Waals surface area contributed by atoms with E-state index in [-0.39, 0.29) is 37.1 Å². The Hall–Kier alpha value is -3.62. The van der Waals surface area contributed by atoms with Crippen LogP contribution in [0.1, 0.15) is 37.5 Å². The molecule has 2 amide bonds. The van der Waals surface area contributed by atoms with E-state index in [2.05, 4.69) is 5.32 Å². The summed E-state index contributed by atoms with van der Waals surface area (Å²) in [5, 5.41) is 10.2. The summed E-state index contributed by atoms with van der Waals surface area (Å²) in [4.78, 5) is 39.7. The Labute approximate surface area is 186 Å².